The summed E-state index contributed by atoms with van der Waals surface area (Å²) in [5.41, 5.74) is 0. The second-order valence-corrected chi connectivity index (χ2v) is 3.64. The quantitative estimate of drug-likeness (QED) is 0.553. The topological polar surface area (TPSA) is 29.1 Å². The Labute approximate surface area is 95.0 Å². The molecule has 0 fully saturated rings. The van der Waals surface area contributed by atoms with E-state index >= 15 is 0 Å². The molecule has 1 N–H and O–H groups in total. The first-order valence-electron chi connectivity index (χ1n) is 5.20. The third-order valence-electron chi connectivity index (χ3n) is 1.98. The van der Waals surface area contributed by atoms with Gasteiger partial charge < -0.3 is 5.32 Å². The average molecular weight is 260 g/mol. The molecule has 0 aromatic rings. The van der Waals surface area contributed by atoms with Gasteiger partial charge in [-0.15, -0.1) is 0 Å². The Kier molecular flexibility index (Phi) is 10.2. The molecule has 0 saturated heterocycles. The molecule has 0 heterocycles. The van der Waals surface area contributed by atoms with Gasteiger partial charge in [-0.25, -0.2) is 0 Å². The molecule has 3 heteroatoms. The third kappa shape index (κ3) is 9.60. The van der Waals surface area contributed by atoms with Crippen LogP contribution in [0.3, 0.4) is 0 Å². The molecular formula is C11H18BrNO. The minimum Gasteiger partial charge on any atom is -0.345 e. The van der Waals surface area contributed by atoms with Gasteiger partial charge in [0.25, 0.3) is 5.91 Å². The SMILES string of the molecule is CCCCCCCCNC(=O)C#CBr. The highest BCUT2D eigenvalue weighted by atomic mass is 79.9. The van der Waals surface area contributed by atoms with E-state index in [9.17, 15) is 4.79 Å². The summed E-state index contributed by atoms with van der Waals surface area (Å²) in [6.45, 7) is 2.95. The summed E-state index contributed by atoms with van der Waals surface area (Å²) in [4.78, 5) is 13.3. The fraction of sp³-hybridized carbons (Fsp3) is 0.727. The van der Waals surface area contributed by atoms with Crippen LogP contribution in [0.1, 0.15) is 45.4 Å². The molecule has 0 bridgehead atoms. The largest absolute Gasteiger partial charge is 0.345 e. The number of nitrogens with one attached hydrogen (secondary N) is 1. The number of amides is 1. The van der Waals surface area contributed by atoms with E-state index in [1.54, 1.807) is 0 Å². The molecule has 0 radical (unpaired) electrons. The van der Waals surface area contributed by atoms with Gasteiger partial charge in [0.1, 0.15) is 0 Å². The van der Waals surface area contributed by atoms with Crippen LogP contribution in [0.15, 0.2) is 0 Å². The van der Waals surface area contributed by atoms with E-state index in [1.165, 1.54) is 32.1 Å². The van der Waals surface area contributed by atoms with Gasteiger partial charge in [-0.1, -0.05) is 39.0 Å². The molecule has 1 amide bonds. The molecule has 0 aliphatic heterocycles. The maximum atomic E-state index is 10.9. The smallest absolute Gasteiger partial charge is 0.296 e. The predicted molar refractivity (Wildman–Crippen MR) is 63.1 cm³/mol. The summed E-state index contributed by atoms with van der Waals surface area (Å²) >= 11 is 2.88. The molecule has 14 heavy (non-hydrogen) atoms. The first-order chi connectivity index (χ1) is 6.81. The summed E-state index contributed by atoms with van der Waals surface area (Å²) in [6.07, 6.45) is 7.43. The van der Waals surface area contributed by atoms with Crippen LogP contribution in [-0.4, -0.2) is 12.5 Å². The predicted octanol–water partition coefficient (Wildman–Crippen LogP) is 2.82. The Morgan fingerprint density at radius 2 is 1.86 bits per heavy atom. The second kappa shape index (κ2) is 10.6. The number of carbonyl (C=O) groups excluding carboxylic acids is 1. The second-order valence-electron chi connectivity index (χ2n) is 3.24. The zero-order valence-corrected chi connectivity index (χ0v) is 10.3. The van der Waals surface area contributed by atoms with Crippen LogP contribution < -0.4 is 5.32 Å². The molecule has 0 unspecified atom stereocenters. The van der Waals surface area contributed by atoms with E-state index in [4.69, 9.17) is 0 Å². The first kappa shape index (κ1) is 13.5. The van der Waals surface area contributed by atoms with E-state index in [-0.39, 0.29) is 5.91 Å². The number of hydrogen-bond acceptors (Lipinski definition) is 1. The molecule has 0 aliphatic rings. The van der Waals surface area contributed by atoms with Gasteiger partial charge in [-0.2, -0.15) is 0 Å². The van der Waals surface area contributed by atoms with Crippen molar-refractivity contribution in [3.05, 3.63) is 0 Å². The first-order valence-corrected chi connectivity index (χ1v) is 6.00. The lowest BCUT2D eigenvalue weighted by molar-refractivity contribution is -0.115. The fourth-order valence-electron chi connectivity index (χ4n) is 1.19. The maximum Gasteiger partial charge on any atom is 0.296 e. The van der Waals surface area contributed by atoms with Crippen LogP contribution in [0.4, 0.5) is 0 Å². The molecule has 0 saturated carbocycles. The lowest BCUT2D eigenvalue weighted by Gasteiger charge is -2.00. The maximum absolute atomic E-state index is 10.9. The van der Waals surface area contributed by atoms with Crippen molar-refractivity contribution in [3.63, 3.8) is 0 Å². The average Bonchev–Trinajstić information content (AvgIpc) is 2.17. The van der Waals surface area contributed by atoms with Gasteiger partial charge in [0, 0.05) is 28.4 Å². The number of halogens is 1. The van der Waals surface area contributed by atoms with Crippen LogP contribution in [0.2, 0.25) is 0 Å². The highest BCUT2D eigenvalue weighted by Crippen LogP contribution is 2.03. The summed E-state index contributed by atoms with van der Waals surface area (Å²) in [5, 5.41) is 2.73. The van der Waals surface area contributed by atoms with Gasteiger partial charge in [0.15, 0.2) is 0 Å². The van der Waals surface area contributed by atoms with Crippen LogP contribution in [0, 0.1) is 10.8 Å². The molecule has 2 nitrogen and oxygen atoms in total. The number of hydrogen-bond donors (Lipinski definition) is 1. The minimum absolute atomic E-state index is 0.199. The Bertz CT molecular complexity index is 205. The molecule has 80 valence electrons. The number of rotatable bonds is 7. The normalized spacial score (nSPS) is 9.00. The fourth-order valence-corrected chi connectivity index (χ4v) is 1.37. The Hall–Kier alpha value is -0.490. The molecule has 0 rings (SSSR count). The third-order valence-corrected chi connectivity index (χ3v) is 2.17. The van der Waals surface area contributed by atoms with Crippen LogP contribution in [0.5, 0.6) is 0 Å². The van der Waals surface area contributed by atoms with Crippen molar-refractivity contribution >= 4 is 21.8 Å². The lowest BCUT2D eigenvalue weighted by atomic mass is 10.1. The summed E-state index contributed by atoms with van der Waals surface area (Å²) in [7, 11) is 0. The Balaban J connectivity index is 3.12. The van der Waals surface area contributed by atoms with E-state index < -0.39 is 0 Å². The van der Waals surface area contributed by atoms with Crippen molar-refractivity contribution in [2.75, 3.05) is 6.54 Å². The number of unbranched alkanes of at least 4 members (excludes halogenated alkanes) is 5. The van der Waals surface area contributed by atoms with Crippen molar-refractivity contribution in [2.45, 2.75) is 45.4 Å². The van der Waals surface area contributed by atoms with Crippen molar-refractivity contribution in [1.82, 2.24) is 5.32 Å². The number of carbonyl (C=O) groups is 1. The monoisotopic (exact) mass is 259 g/mol. The molecule has 0 spiro atoms. The van der Waals surface area contributed by atoms with Crippen LogP contribution in [0.25, 0.3) is 0 Å². The van der Waals surface area contributed by atoms with Crippen molar-refractivity contribution in [3.8, 4) is 10.8 Å². The zero-order valence-electron chi connectivity index (χ0n) is 8.74. The van der Waals surface area contributed by atoms with Crippen molar-refractivity contribution in [1.29, 1.82) is 0 Å². The standard InChI is InChI=1S/C11H18BrNO/c1-2-3-4-5-6-7-10-13-11(14)8-9-12/h2-7,10H2,1H3,(H,13,14). The van der Waals surface area contributed by atoms with Gasteiger partial charge in [-0.05, 0) is 11.3 Å². The van der Waals surface area contributed by atoms with Crippen LogP contribution in [-0.2, 0) is 4.79 Å². The van der Waals surface area contributed by atoms with Gasteiger partial charge in [-0.3, -0.25) is 4.79 Å². The van der Waals surface area contributed by atoms with Crippen LogP contribution >= 0.6 is 15.9 Å². The highest BCUT2D eigenvalue weighted by Gasteiger charge is 1.93. The highest BCUT2D eigenvalue weighted by molar-refractivity contribution is 9.12. The van der Waals surface area contributed by atoms with E-state index in [0.717, 1.165) is 13.0 Å². The Morgan fingerprint density at radius 1 is 1.21 bits per heavy atom. The van der Waals surface area contributed by atoms with E-state index in [0.29, 0.717) is 0 Å². The zero-order chi connectivity index (χ0) is 10.6. The van der Waals surface area contributed by atoms with E-state index in [1.807, 2.05) is 0 Å². The molecular weight excluding hydrogens is 242 g/mol. The van der Waals surface area contributed by atoms with Crippen molar-refractivity contribution in [2.24, 2.45) is 0 Å². The van der Waals surface area contributed by atoms with Gasteiger partial charge >= 0.3 is 0 Å². The molecule has 0 atom stereocenters. The molecule has 0 aromatic carbocycles. The minimum atomic E-state index is -0.199. The Morgan fingerprint density at radius 3 is 2.50 bits per heavy atom. The lowest BCUT2D eigenvalue weighted by Crippen LogP contribution is -2.22. The van der Waals surface area contributed by atoms with E-state index in [2.05, 4.69) is 38.9 Å². The van der Waals surface area contributed by atoms with Gasteiger partial charge in [0.2, 0.25) is 0 Å². The summed E-state index contributed by atoms with van der Waals surface area (Å²) in [6, 6.07) is 0. The van der Waals surface area contributed by atoms with Gasteiger partial charge in [0.05, 0.1) is 0 Å². The summed E-state index contributed by atoms with van der Waals surface area (Å²) < 4.78 is 0. The molecule has 0 aromatic heterocycles. The van der Waals surface area contributed by atoms with Crippen molar-refractivity contribution < 1.29 is 4.79 Å². The summed E-state index contributed by atoms with van der Waals surface area (Å²) in [5.74, 6) is 2.17. The molecule has 0 aliphatic carbocycles.